The molecule has 1 aromatic carbocycles. The fraction of sp³-hybridized carbons (Fsp3) is 0.533. The van der Waals surface area contributed by atoms with Gasteiger partial charge in [-0.15, -0.1) is 0 Å². The van der Waals surface area contributed by atoms with Crippen LogP contribution in [0.2, 0.25) is 0 Å². The Hall–Kier alpha value is -1.48. The summed E-state index contributed by atoms with van der Waals surface area (Å²) in [4.78, 5) is 12.2. The lowest BCUT2D eigenvalue weighted by Gasteiger charge is -2.26. The monoisotopic (exact) mass is 342 g/mol. The van der Waals surface area contributed by atoms with Crippen LogP contribution in [-0.2, 0) is 14.8 Å². The van der Waals surface area contributed by atoms with Crippen LogP contribution in [-0.4, -0.2) is 62.2 Å². The smallest absolute Gasteiger partial charge is 0.251 e. The van der Waals surface area contributed by atoms with Crippen molar-refractivity contribution in [2.24, 2.45) is 0 Å². The van der Waals surface area contributed by atoms with Gasteiger partial charge in [0, 0.05) is 25.2 Å². The first-order valence-corrected chi connectivity index (χ1v) is 8.83. The zero-order chi connectivity index (χ0) is 17.1. The third-order valence-electron chi connectivity index (χ3n) is 3.39. The number of nitrogens with one attached hydrogen (secondary N) is 1. The van der Waals surface area contributed by atoms with Crippen molar-refractivity contribution in [2.75, 3.05) is 32.8 Å². The second-order valence-corrected chi connectivity index (χ2v) is 7.98. The SMILES string of the molecule is CC(C)(O)CNC(=O)c1cccc(S(=O)(=O)N2CCOCC2)c1. The first-order valence-electron chi connectivity index (χ1n) is 7.39. The highest BCUT2D eigenvalue weighted by molar-refractivity contribution is 7.89. The van der Waals surface area contributed by atoms with Crippen LogP contribution in [0.15, 0.2) is 29.2 Å². The number of carbonyl (C=O) groups is 1. The van der Waals surface area contributed by atoms with Crippen LogP contribution in [0.3, 0.4) is 0 Å². The molecule has 128 valence electrons. The van der Waals surface area contributed by atoms with Gasteiger partial charge in [0.05, 0.1) is 23.7 Å². The first-order chi connectivity index (χ1) is 10.7. The number of morpholine rings is 1. The fourth-order valence-electron chi connectivity index (χ4n) is 2.13. The van der Waals surface area contributed by atoms with Crippen molar-refractivity contribution in [1.82, 2.24) is 9.62 Å². The quantitative estimate of drug-likeness (QED) is 0.797. The molecule has 0 spiro atoms. The Bertz CT molecular complexity index is 661. The van der Waals surface area contributed by atoms with Crippen molar-refractivity contribution in [3.63, 3.8) is 0 Å². The molecular formula is C15H22N2O5S. The van der Waals surface area contributed by atoms with Gasteiger partial charge in [-0.25, -0.2) is 8.42 Å². The van der Waals surface area contributed by atoms with Crippen molar-refractivity contribution in [3.8, 4) is 0 Å². The van der Waals surface area contributed by atoms with E-state index < -0.39 is 21.5 Å². The van der Waals surface area contributed by atoms with Crippen molar-refractivity contribution in [3.05, 3.63) is 29.8 Å². The first kappa shape index (κ1) is 17.9. The number of amides is 1. The van der Waals surface area contributed by atoms with Gasteiger partial charge in [0.1, 0.15) is 0 Å². The fourth-order valence-corrected chi connectivity index (χ4v) is 3.59. The van der Waals surface area contributed by atoms with E-state index in [1.807, 2.05) is 0 Å². The topological polar surface area (TPSA) is 95.9 Å². The lowest BCUT2D eigenvalue weighted by molar-refractivity contribution is 0.0694. The molecule has 1 aliphatic rings. The number of hydrogen-bond donors (Lipinski definition) is 2. The van der Waals surface area contributed by atoms with Gasteiger partial charge in [-0.2, -0.15) is 4.31 Å². The molecule has 0 unspecified atom stereocenters. The number of ether oxygens (including phenoxy) is 1. The van der Waals surface area contributed by atoms with Gasteiger partial charge in [-0.1, -0.05) is 6.07 Å². The molecular weight excluding hydrogens is 320 g/mol. The van der Waals surface area contributed by atoms with E-state index in [1.54, 1.807) is 13.8 Å². The molecule has 23 heavy (non-hydrogen) atoms. The molecule has 8 heteroatoms. The number of sulfonamides is 1. The van der Waals surface area contributed by atoms with Gasteiger partial charge in [-0.3, -0.25) is 4.79 Å². The number of aliphatic hydroxyl groups is 1. The summed E-state index contributed by atoms with van der Waals surface area (Å²) in [6.07, 6.45) is 0. The summed E-state index contributed by atoms with van der Waals surface area (Å²) < 4.78 is 31.7. The second kappa shape index (κ2) is 6.96. The number of hydrogen-bond acceptors (Lipinski definition) is 5. The number of nitrogens with zero attached hydrogens (tertiary/aromatic N) is 1. The van der Waals surface area contributed by atoms with Crippen LogP contribution in [0.1, 0.15) is 24.2 Å². The summed E-state index contributed by atoms with van der Waals surface area (Å²) in [6, 6.07) is 5.90. The normalized spacial score (nSPS) is 17.0. The van der Waals surface area contributed by atoms with Crippen LogP contribution in [0, 0.1) is 0 Å². The molecule has 0 aliphatic carbocycles. The maximum atomic E-state index is 12.6. The van der Waals surface area contributed by atoms with Gasteiger partial charge in [0.2, 0.25) is 10.0 Å². The molecule has 0 atom stereocenters. The lowest BCUT2D eigenvalue weighted by Crippen LogP contribution is -2.40. The second-order valence-electron chi connectivity index (χ2n) is 6.04. The van der Waals surface area contributed by atoms with Gasteiger partial charge in [0.25, 0.3) is 5.91 Å². The Balaban J connectivity index is 2.17. The molecule has 1 aromatic rings. The number of rotatable bonds is 5. The third-order valence-corrected chi connectivity index (χ3v) is 5.28. The molecule has 0 aromatic heterocycles. The zero-order valence-electron chi connectivity index (χ0n) is 13.3. The Morgan fingerprint density at radius 3 is 2.61 bits per heavy atom. The number of carbonyl (C=O) groups excluding carboxylic acids is 1. The van der Waals surface area contributed by atoms with Crippen molar-refractivity contribution >= 4 is 15.9 Å². The molecule has 1 heterocycles. The van der Waals surface area contributed by atoms with Crippen molar-refractivity contribution in [1.29, 1.82) is 0 Å². The summed E-state index contributed by atoms with van der Waals surface area (Å²) in [5.74, 6) is -0.425. The molecule has 0 bridgehead atoms. The van der Waals surface area contributed by atoms with E-state index >= 15 is 0 Å². The van der Waals surface area contributed by atoms with E-state index in [0.717, 1.165) is 0 Å². The molecule has 2 N–H and O–H groups in total. The molecule has 1 aliphatic heterocycles. The van der Waals surface area contributed by atoms with Gasteiger partial charge >= 0.3 is 0 Å². The summed E-state index contributed by atoms with van der Waals surface area (Å²) in [5.41, 5.74) is -0.795. The van der Waals surface area contributed by atoms with Crippen LogP contribution in [0.5, 0.6) is 0 Å². The van der Waals surface area contributed by atoms with Crippen LogP contribution in [0.4, 0.5) is 0 Å². The minimum absolute atomic E-state index is 0.0757. The van der Waals surface area contributed by atoms with Crippen LogP contribution in [0.25, 0.3) is 0 Å². The van der Waals surface area contributed by atoms with Gasteiger partial charge in [0.15, 0.2) is 0 Å². The molecule has 0 saturated carbocycles. The molecule has 2 rings (SSSR count). The van der Waals surface area contributed by atoms with Crippen molar-refractivity contribution < 1.29 is 23.1 Å². The standard InChI is InChI=1S/C15H22N2O5S/c1-15(2,19)11-16-14(18)12-4-3-5-13(10-12)23(20,21)17-6-8-22-9-7-17/h3-5,10,19H,6-9,11H2,1-2H3,(H,16,18). The summed E-state index contributed by atoms with van der Waals surface area (Å²) >= 11 is 0. The van der Waals surface area contributed by atoms with Crippen LogP contribution >= 0.6 is 0 Å². The van der Waals surface area contributed by atoms with E-state index in [2.05, 4.69) is 5.32 Å². The Labute approximate surface area is 136 Å². The van der Waals surface area contributed by atoms with E-state index in [1.165, 1.54) is 28.6 Å². The average molecular weight is 342 g/mol. The highest BCUT2D eigenvalue weighted by Crippen LogP contribution is 2.18. The van der Waals surface area contributed by atoms with E-state index in [0.29, 0.717) is 26.3 Å². The summed E-state index contributed by atoms with van der Waals surface area (Å²) in [5, 5.41) is 12.2. The zero-order valence-corrected chi connectivity index (χ0v) is 14.1. The minimum atomic E-state index is -3.64. The maximum Gasteiger partial charge on any atom is 0.251 e. The van der Waals surface area contributed by atoms with E-state index in [9.17, 15) is 18.3 Å². The highest BCUT2D eigenvalue weighted by Gasteiger charge is 2.27. The summed E-state index contributed by atoms with van der Waals surface area (Å²) in [6.45, 7) is 4.57. The Kier molecular flexibility index (Phi) is 5.41. The molecule has 1 saturated heterocycles. The Morgan fingerprint density at radius 1 is 1.35 bits per heavy atom. The number of benzene rings is 1. The minimum Gasteiger partial charge on any atom is -0.389 e. The van der Waals surface area contributed by atoms with Crippen molar-refractivity contribution in [2.45, 2.75) is 24.3 Å². The molecule has 7 nitrogen and oxygen atoms in total. The largest absolute Gasteiger partial charge is 0.389 e. The predicted octanol–water partition coefficient (Wildman–Crippen LogP) is 0.208. The highest BCUT2D eigenvalue weighted by atomic mass is 32.2. The molecule has 1 fully saturated rings. The van der Waals surface area contributed by atoms with E-state index in [4.69, 9.17) is 4.74 Å². The van der Waals surface area contributed by atoms with Gasteiger partial charge in [-0.05, 0) is 32.0 Å². The maximum absolute atomic E-state index is 12.6. The molecule has 1 amide bonds. The third kappa shape index (κ3) is 4.74. The average Bonchev–Trinajstić information content (AvgIpc) is 2.53. The van der Waals surface area contributed by atoms with E-state index in [-0.39, 0.29) is 17.0 Å². The lowest BCUT2D eigenvalue weighted by atomic mass is 10.1. The van der Waals surface area contributed by atoms with Crippen LogP contribution < -0.4 is 5.32 Å². The van der Waals surface area contributed by atoms with Gasteiger partial charge < -0.3 is 15.2 Å². The predicted molar refractivity (Wildman–Crippen MR) is 84.7 cm³/mol. The molecule has 0 radical (unpaired) electrons. The summed E-state index contributed by atoms with van der Waals surface area (Å²) in [7, 11) is -3.64. The Morgan fingerprint density at radius 2 is 2.00 bits per heavy atom.